The van der Waals surface area contributed by atoms with Crippen LogP contribution in [0.25, 0.3) is 6.08 Å². The van der Waals surface area contributed by atoms with E-state index in [1.165, 1.54) is 38.5 Å². The standard InChI is InChI=1S/C28H28O7/c1-34-27-16-19(7-13-25(27)32)5-11-23(30)22(15-18-3-9-21(29)10-4-18)24(31)12-6-20-8-14-26(33)28(17-20)35-2/h3-4,7-10,13-17,29,32-33H,5-6,11-12H2,1-2H3. The molecule has 3 N–H and O–H groups in total. The normalized spacial score (nSPS) is 10.5. The highest BCUT2D eigenvalue weighted by Gasteiger charge is 2.19. The SMILES string of the molecule is COc1cc(CCC(=O)C(=Cc2ccc(O)cc2)C(=O)CCc2ccc(O)c(OC)c2)ccc1O. The molecule has 0 aliphatic rings. The molecule has 0 atom stereocenters. The van der Waals surface area contributed by atoms with Gasteiger partial charge in [-0.25, -0.2) is 0 Å². The number of rotatable bonds is 11. The molecule has 0 bridgehead atoms. The van der Waals surface area contributed by atoms with Gasteiger partial charge in [-0.2, -0.15) is 0 Å². The number of phenolic OH excluding ortho intramolecular Hbond substituents is 3. The fraction of sp³-hybridized carbons (Fsp3) is 0.214. The number of carbonyl (C=O) groups excluding carboxylic acids is 2. The van der Waals surface area contributed by atoms with Crippen LogP contribution in [-0.4, -0.2) is 41.1 Å². The van der Waals surface area contributed by atoms with Gasteiger partial charge in [-0.1, -0.05) is 24.3 Å². The van der Waals surface area contributed by atoms with Crippen LogP contribution in [0.3, 0.4) is 0 Å². The fourth-order valence-electron chi connectivity index (χ4n) is 3.59. The average molecular weight is 477 g/mol. The summed E-state index contributed by atoms with van der Waals surface area (Å²) in [4.78, 5) is 26.3. The van der Waals surface area contributed by atoms with Gasteiger partial charge in [-0.3, -0.25) is 9.59 Å². The van der Waals surface area contributed by atoms with Crippen molar-refractivity contribution in [1.29, 1.82) is 0 Å². The van der Waals surface area contributed by atoms with Crippen LogP contribution < -0.4 is 9.47 Å². The van der Waals surface area contributed by atoms with Crippen molar-refractivity contribution in [3.8, 4) is 28.7 Å². The minimum absolute atomic E-state index is 0.0107. The lowest BCUT2D eigenvalue weighted by molar-refractivity contribution is -0.121. The molecule has 7 heteroatoms. The molecular formula is C28H28O7. The molecule has 7 nitrogen and oxygen atoms in total. The van der Waals surface area contributed by atoms with Gasteiger partial charge in [0.1, 0.15) is 5.75 Å². The molecule has 0 unspecified atom stereocenters. The number of aromatic hydroxyl groups is 3. The van der Waals surface area contributed by atoms with E-state index in [0.717, 1.165) is 11.1 Å². The molecule has 3 aromatic carbocycles. The van der Waals surface area contributed by atoms with Gasteiger partial charge in [0.2, 0.25) is 0 Å². The summed E-state index contributed by atoms with van der Waals surface area (Å²) in [7, 11) is 2.90. The Morgan fingerprint density at radius 1 is 0.714 bits per heavy atom. The van der Waals surface area contributed by atoms with E-state index in [1.54, 1.807) is 42.5 Å². The van der Waals surface area contributed by atoms with Crippen molar-refractivity contribution in [2.24, 2.45) is 0 Å². The minimum Gasteiger partial charge on any atom is -0.508 e. The van der Waals surface area contributed by atoms with E-state index in [9.17, 15) is 24.9 Å². The van der Waals surface area contributed by atoms with Crippen molar-refractivity contribution in [1.82, 2.24) is 0 Å². The van der Waals surface area contributed by atoms with Crippen LogP contribution in [0.5, 0.6) is 28.7 Å². The Morgan fingerprint density at radius 3 is 1.60 bits per heavy atom. The van der Waals surface area contributed by atoms with Crippen LogP contribution in [0.4, 0.5) is 0 Å². The van der Waals surface area contributed by atoms with E-state index in [-0.39, 0.29) is 47.2 Å². The lowest BCUT2D eigenvalue weighted by atomic mass is 9.94. The second kappa shape index (κ2) is 11.7. The summed E-state index contributed by atoms with van der Waals surface area (Å²) in [6.07, 6.45) is 2.46. The number of carbonyl (C=O) groups is 2. The van der Waals surface area contributed by atoms with Crippen LogP contribution in [0.15, 0.2) is 66.2 Å². The molecule has 0 fully saturated rings. The molecule has 0 spiro atoms. The number of phenols is 3. The first kappa shape index (κ1) is 25.4. The van der Waals surface area contributed by atoms with E-state index < -0.39 is 0 Å². The van der Waals surface area contributed by atoms with E-state index >= 15 is 0 Å². The maximum Gasteiger partial charge on any atom is 0.166 e. The minimum atomic E-state index is -0.307. The summed E-state index contributed by atoms with van der Waals surface area (Å²) < 4.78 is 10.2. The Hall–Kier alpha value is -4.26. The van der Waals surface area contributed by atoms with Crippen LogP contribution in [0.2, 0.25) is 0 Å². The lowest BCUT2D eigenvalue weighted by Crippen LogP contribution is -2.14. The van der Waals surface area contributed by atoms with Gasteiger partial charge in [0.15, 0.2) is 34.6 Å². The Kier molecular flexibility index (Phi) is 8.51. The maximum atomic E-state index is 13.1. The number of ketones is 2. The summed E-state index contributed by atoms with van der Waals surface area (Å²) in [5, 5.41) is 29.1. The molecular weight excluding hydrogens is 448 g/mol. The quantitative estimate of drug-likeness (QED) is 0.210. The molecule has 0 aliphatic heterocycles. The molecule has 182 valence electrons. The molecule has 0 aromatic heterocycles. The molecule has 3 aromatic rings. The number of benzene rings is 3. The molecule has 0 aliphatic carbocycles. The predicted octanol–water partition coefficient (Wildman–Crippen LogP) is 4.61. The van der Waals surface area contributed by atoms with Crippen LogP contribution in [0, 0.1) is 0 Å². The molecule has 0 amide bonds. The Labute approximate surface area is 203 Å². The van der Waals surface area contributed by atoms with Gasteiger partial charge in [-0.05, 0) is 72.0 Å². The Bertz CT molecular complexity index is 1160. The predicted molar refractivity (Wildman–Crippen MR) is 132 cm³/mol. The Morgan fingerprint density at radius 2 is 1.17 bits per heavy atom. The summed E-state index contributed by atoms with van der Waals surface area (Å²) >= 11 is 0. The van der Waals surface area contributed by atoms with Crippen molar-refractivity contribution in [3.05, 3.63) is 82.9 Å². The third kappa shape index (κ3) is 6.86. The smallest absolute Gasteiger partial charge is 0.166 e. The lowest BCUT2D eigenvalue weighted by Gasteiger charge is -2.10. The van der Waals surface area contributed by atoms with E-state index in [4.69, 9.17) is 9.47 Å². The first-order valence-corrected chi connectivity index (χ1v) is 11.1. The molecule has 3 rings (SSSR count). The highest BCUT2D eigenvalue weighted by molar-refractivity contribution is 6.23. The monoisotopic (exact) mass is 476 g/mol. The maximum absolute atomic E-state index is 13.1. The van der Waals surface area contributed by atoms with Crippen LogP contribution in [0.1, 0.15) is 29.5 Å². The van der Waals surface area contributed by atoms with Crippen LogP contribution >= 0.6 is 0 Å². The van der Waals surface area contributed by atoms with Crippen molar-refractivity contribution in [2.45, 2.75) is 25.7 Å². The first-order valence-electron chi connectivity index (χ1n) is 11.1. The number of hydrogen-bond donors (Lipinski definition) is 3. The largest absolute Gasteiger partial charge is 0.508 e. The van der Waals surface area contributed by atoms with E-state index in [1.807, 2.05) is 0 Å². The molecule has 0 heterocycles. The van der Waals surface area contributed by atoms with Gasteiger partial charge in [-0.15, -0.1) is 0 Å². The van der Waals surface area contributed by atoms with E-state index in [2.05, 4.69) is 0 Å². The van der Waals surface area contributed by atoms with Crippen LogP contribution in [-0.2, 0) is 22.4 Å². The zero-order chi connectivity index (χ0) is 25.4. The summed E-state index contributed by atoms with van der Waals surface area (Å²) in [5.41, 5.74) is 2.28. The zero-order valence-corrected chi connectivity index (χ0v) is 19.7. The first-order chi connectivity index (χ1) is 16.8. The molecule has 0 radical (unpaired) electrons. The zero-order valence-electron chi connectivity index (χ0n) is 19.7. The Balaban J connectivity index is 1.78. The van der Waals surface area contributed by atoms with Gasteiger partial charge in [0.25, 0.3) is 0 Å². The number of aryl methyl sites for hydroxylation is 2. The number of hydrogen-bond acceptors (Lipinski definition) is 7. The molecule has 0 saturated heterocycles. The molecule has 0 saturated carbocycles. The van der Waals surface area contributed by atoms with Crippen molar-refractivity contribution in [3.63, 3.8) is 0 Å². The summed E-state index contributed by atoms with van der Waals surface area (Å²) in [6.45, 7) is 0. The van der Waals surface area contributed by atoms with Gasteiger partial charge in [0.05, 0.1) is 19.8 Å². The number of allylic oxidation sites excluding steroid dienone is 1. The third-order valence-electron chi connectivity index (χ3n) is 5.57. The van der Waals surface area contributed by atoms with Gasteiger partial charge in [0, 0.05) is 12.8 Å². The summed E-state index contributed by atoms with van der Waals surface area (Å²) in [6, 6.07) is 16.0. The number of Topliss-reactive ketones (excluding diaryl/α,β-unsaturated/α-hetero) is 2. The van der Waals surface area contributed by atoms with Crippen molar-refractivity contribution >= 4 is 17.6 Å². The number of methoxy groups -OCH3 is 2. The fourth-order valence-corrected chi connectivity index (χ4v) is 3.59. The average Bonchev–Trinajstić information content (AvgIpc) is 2.86. The van der Waals surface area contributed by atoms with E-state index in [0.29, 0.717) is 29.9 Å². The summed E-state index contributed by atoms with van der Waals surface area (Å²) in [5.74, 6) is 0.124. The van der Waals surface area contributed by atoms with Crippen molar-refractivity contribution < 1.29 is 34.4 Å². The highest BCUT2D eigenvalue weighted by Crippen LogP contribution is 2.28. The second-order valence-electron chi connectivity index (χ2n) is 8.01. The third-order valence-corrected chi connectivity index (χ3v) is 5.57. The van der Waals surface area contributed by atoms with Gasteiger partial charge < -0.3 is 24.8 Å². The van der Waals surface area contributed by atoms with Gasteiger partial charge >= 0.3 is 0 Å². The number of ether oxygens (including phenoxy) is 2. The second-order valence-corrected chi connectivity index (χ2v) is 8.01. The molecule has 35 heavy (non-hydrogen) atoms. The topological polar surface area (TPSA) is 113 Å². The van der Waals surface area contributed by atoms with Crippen molar-refractivity contribution in [2.75, 3.05) is 14.2 Å². The highest BCUT2D eigenvalue weighted by atomic mass is 16.5.